The molecule has 2 aromatic rings. The van der Waals surface area contributed by atoms with Crippen LogP contribution < -0.4 is 9.80 Å². The van der Waals surface area contributed by atoms with Crippen LogP contribution in [0.4, 0.5) is 11.4 Å². The molecule has 2 aromatic carbocycles. The monoisotopic (exact) mass is 362 g/mol. The molecular weight excluding hydrogens is 328 g/mol. The fourth-order valence-electron chi connectivity index (χ4n) is 3.25. The van der Waals surface area contributed by atoms with Gasteiger partial charge in [-0.25, -0.2) is 0 Å². The van der Waals surface area contributed by atoms with E-state index in [-0.39, 0.29) is 0 Å². The normalized spacial score (nSPS) is 11.4. The van der Waals surface area contributed by atoms with E-state index >= 15 is 0 Å². The highest BCUT2D eigenvalue weighted by Gasteiger charge is 2.02. The number of anilines is 2. The third-order valence-electron chi connectivity index (χ3n) is 4.84. The highest BCUT2D eigenvalue weighted by Crippen LogP contribution is 2.17. The lowest BCUT2D eigenvalue weighted by Crippen LogP contribution is -2.23. The van der Waals surface area contributed by atoms with E-state index in [1.54, 1.807) is 0 Å². The van der Waals surface area contributed by atoms with Gasteiger partial charge in [-0.2, -0.15) is 0 Å². The van der Waals surface area contributed by atoms with Crippen LogP contribution in [0.15, 0.2) is 60.7 Å². The summed E-state index contributed by atoms with van der Waals surface area (Å²) in [5, 5.41) is 0. The molecule has 0 amide bonds. The molecule has 0 heterocycles. The van der Waals surface area contributed by atoms with Gasteiger partial charge in [0, 0.05) is 37.6 Å². The predicted molar refractivity (Wildman–Crippen MR) is 123 cm³/mol. The van der Waals surface area contributed by atoms with Crippen LogP contribution in [0.3, 0.4) is 0 Å². The lowest BCUT2D eigenvalue weighted by Gasteiger charge is -2.22. The Bertz CT molecular complexity index is 707. The van der Waals surface area contributed by atoms with Gasteiger partial charge in [0.15, 0.2) is 0 Å². The first-order valence-electron chi connectivity index (χ1n) is 10.3. The first-order valence-corrected chi connectivity index (χ1v) is 10.3. The van der Waals surface area contributed by atoms with Crippen molar-refractivity contribution in [2.45, 2.75) is 34.1 Å². The third kappa shape index (κ3) is 6.32. The molecular formula is C25H34N2. The molecule has 0 saturated carbocycles. The highest BCUT2D eigenvalue weighted by atomic mass is 15.1. The van der Waals surface area contributed by atoms with Gasteiger partial charge in [-0.1, -0.05) is 55.5 Å². The van der Waals surface area contributed by atoms with Crippen LogP contribution in [0.2, 0.25) is 0 Å². The SMILES string of the molecule is CCCN(CC)c1ccc(/C=C/C=C/c2ccc(N(CC)CC)cc2)cc1. The molecule has 2 rings (SSSR count). The van der Waals surface area contributed by atoms with Crippen molar-refractivity contribution in [3.63, 3.8) is 0 Å². The number of hydrogen-bond donors (Lipinski definition) is 0. The smallest absolute Gasteiger partial charge is 0.0366 e. The first-order chi connectivity index (χ1) is 13.2. The maximum Gasteiger partial charge on any atom is 0.0366 e. The zero-order chi connectivity index (χ0) is 19.5. The van der Waals surface area contributed by atoms with Gasteiger partial charge in [-0.15, -0.1) is 0 Å². The van der Waals surface area contributed by atoms with Crippen LogP contribution >= 0.6 is 0 Å². The van der Waals surface area contributed by atoms with E-state index in [4.69, 9.17) is 0 Å². The zero-order valence-electron chi connectivity index (χ0n) is 17.4. The molecule has 0 unspecified atom stereocenters. The van der Waals surface area contributed by atoms with E-state index < -0.39 is 0 Å². The van der Waals surface area contributed by atoms with Crippen molar-refractivity contribution in [3.8, 4) is 0 Å². The summed E-state index contributed by atoms with van der Waals surface area (Å²) in [6.45, 7) is 13.1. The topological polar surface area (TPSA) is 6.48 Å². The second-order valence-corrected chi connectivity index (χ2v) is 6.65. The molecule has 0 aliphatic heterocycles. The Morgan fingerprint density at radius 3 is 1.37 bits per heavy atom. The van der Waals surface area contributed by atoms with Crippen LogP contribution in [0.5, 0.6) is 0 Å². The fraction of sp³-hybridized carbons (Fsp3) is 0.360. The molecule has 0 radical (unpaired) electrons. The zero-order valence-corrected chi connectivity index (χ0v) is 17.4. The third-order valence-corrected chi connectivity index (χ3v) is 4.84. The van der Waals surface area contributed by atoms with Gasteiger partial charge >= 0.3 is 0 Å². The van der Waals surface area contributed by atoms with E-state index in [0.717, 1.165) is 26.2 Å². The Morgan fingerprint density at radius 2 is 1.00 bits per heavy atom. The van der Waals surface area contributed by atoms with Gasteiger partial charge in [-0.05, 0) is 62.6 Å². The largest absolute Gasteiger partial charge is 0.372 e. The maximum absolute atomic E-state index is 2.41. The van der Waals surface area contributed by atoms with Crippen LogP contribution in [0.1, 0.15) is 45.2 Å². The Labute approximate surface area is 165 Å². The molecule has 0 aromatic heterocycles. The lowest BCUT2D eigenvalue weighted by atomic mass is 10.1. The average Bonchev–Trinajstić information content (AvgIpc) is 2.72. The van der Waals surface area contributed by atoms with Gasteiger partial charge in [0.25, 0.3) is 0 Å². The summed E-state index contributed by atoms with van der Waals surface area (Å²) in [4.78, 5) is 4.77. The molecule has 0 spiro atoms. The quantitative estimate of drug-likeness (QED) is 0.445. The molecule has 2 heteroatoms. The second-order valence-electron chi connectivity index (χ2n) is 6.65. The summed E-state index contributed by atoms with van der Waals surface area (Å²) in [5.74, 6) is 0. The van der Waals surface area contributed by atoms with Crippen molar-refractivity contribution in [1.82, 2.24) is 0 Å². The van der Waals surface area contributed by atoms with Gasteiger partial charge in [0.05, 0.1) is 0 Å². The van der Waals surface area contributed by atoms with E-state index in [2.05, 4.69) is 110 Å². The van der Waals surface area contributed by atoms with Crippen molar-refractivity contribution >= 4 is 23.5 Å². The van der Waals surface area contributed by atoms with E-state index in [1.807, 2.05) is 0 Å². The maximum atomic E-state index is 2.41. The minimum atomic E-state index is 1.04. The Kier molecular flexibility index (Phi) is 8.70. The Balaban J connectivity index is 1.94. The first kappa shape index (κ1) is 20.8. The number of rotatable bonds is 10. The molecule has 0 bridgehead atoms. The minimum Gasteiger partial charge on any atom is -0.372 e. The van der Waals surface area contributed by atoms with Crippen LogP contribution in [0.25, 0.3) is 12.2 Å². The minimum absolute atomic E-state index is 1.04. The van der Waals surface area contributed by atoms with Crippen molar-refractivity contribution in [3.05, 3.63) is 71.8 Å². The summed E-state index contributed by atoms with van der Waals surface area (Å²) in [6.07, 6.45) is 9.69. The van der Waals surface area contributed by atoms with Crippen molar-refractivity contribution in [1.29, 1.82) is 0 Å². The Morgan fingerprint density at radius 1 is 0.593 bits per heavy atom. The number of hydrogen-bond acceptors (Lipinski definition) is 2. The van der Waals surface area contributed by atoms with Crippen LogP contribution in [-0.2, 0) is 0 Å². The van der Waals surface area contributed by atoms with Gasteiger partial charge in [0.2, 0.25) is 0 Å². The Hall–Kier alpha value is -2.48. The molecule has 0 atom stereocenters. The van der Waals surface area contributed by atoms with Crippen molar-refractivity contribution < 1.29 is 0 Å². The molecule has 0 aliphatic carbocycles. The summed E-state index contributed by atoms with van der Waals surface area (Å²) >= 11 is 0. The van der Waals surface area contributed by atoms with Gasteiger partial charge in [-0.3, -0.25) is 0 Å². The lowest BCUT2D eigenvalue weighted by molar-refractivity contribution is 0.792. The summed E-state index contributed by atoms with van der Waals surface area (Å²) < 4.78 is 0. The highest BCUT2D eigenvalue weighted by molar-refractivity contribution is 5.61. The molecule has 0 fully saturated rings. The molecule has 27 heavy (non-hydrogen) atoms. The number of nitrogens with zero attached hydrogens (tertiary/aromatic N) is 2. The molecule has 144 valence electrons. The van der Waals surface area contributed by atoms with Gasteiger partial charge < -0.3 is 9.80 Å². The van der Waals surface area contributed by atoms with E-state index in [9.17, 15) is 0 Å². The summed E-state index contributed by atoms with van der Waals surface area (Å²) in [6, 6.07) is 17.6. The van der Waals surface area contributed by atoms with E-state index in [1.165, 1.54) is 28.9 Å². The van der Waals surface area contributed by atoms with Crippen LogP contribution in [-0.4, -0.2) is 26.2 Å². The average molecular weight is 363 g/mol. The van der Waals surface area contributed by atoms with Crippen molar-refractivity contribution in [2.24, 2.45) is 0 Å². The van der Waals surface area contributed by atoms with E-state index in [0.29, 0.717) is 0 Å². The van der Waals surface area contributed by atoms with Gasteiger partial charge in [0.1, 0.15) is 0 Å². The second kappa shape index (κ2) is 11.3. The standard InChI is InChI=1S/C25H34N2/c1-5-21-27(8-4)25-19-15-23(16-20-25)12-10-9-11-22-13-17-24(18-14-22)26(6-2)7-3/h9-20H,5-8,21H2,1-4H3/b11-9+,12-10+. The predicted octanol–water partition coefficient (Wildman–Crippen LogP) is 6.50. The molecule has 0 saturated heterocycles. The molecule has 0 aliphatic rings. The summed E-state index contributed by atoms with van der Waals surface area (Å²) in [5.41, 5.74) is 5.05. The molecule has 0 N–H and O–H groups in total. The fourth-order valence-corrected chi connectivity index (χ4v) is 3.25. The molecule has 2 nitrogen and oxygen atoms in total. The number of benzene rings is 2. The van der Waals surface area contributed by atoms with Crippen LogP contribution in [0, 0.1) is 0 Å². The summed E-state index contributed by atoms with van der Waals surface area (Å²) in [7, 11) is 0. The van der Waals surface area contributed by atoms with Crippen molar-refractivity contribution in [2.75, 3.05) is 36.0 Å². The number of allylic oxidation sites excluding steroid dienone is 2.